The van der Waals surface area contributed by atoms with E-state index in [1.807, 2.05) is 0 Å². The normalized spacial score (nSPS) is 43.5. The number of amidine groups is 1. The largest absolute Gasteiger partial charge is 0.394 e. The maximum atomic E-state index is 11.8. The third-order valence-electron chi connectivity index (χ3n) is 3.42. The van der Waals surface area contributed by atoms with Crippen LogP contribution >= 0.6 is 0 Å². The monoisotopic (exact) mass is 275 g/mol. The van der Waals surface area contributed by atoms with Crippen molar-refractivity contribution >= 4 is 11.9 Å². The van der Waals surface area contributed by atoms with E-state index >= 15 is 0 Å². The first-order valence-electron chi connectivity index (χ1n) is 5.80. The number of hydrogen-bond acceptors (Lipinski definition) is 7. The van der Waals surface area contributed by atoms with Gasteiger partial charge in [-0.05, 0) is 6.92 Å². The number of ether oxygens (including phenoxy) is 1. The number of aliphatic hydroxyl groups is 4. The van der Waals surface area contributed by atoms with Crippen molar-refractivity contribution in [3.63, 3.8) is 0 Å². The number of nitrogens with zero attached hydrogens (tertiary/aromatic N) is 2. The molecule has 0 aromatic carbocycles. The zero-order chi connectivity index (χ0) is 14.4. The number of rotatable bonds is 2. The van der Waals surface area contributed by atoms with Gasteiger partial charge in [0.25, 0.3) is 0 Å². The molecule has 0 bridgehead atoms. The van der Waals surface area contributed by atoms with Crippen molar-refractivity contribution in [1.29, 1.82) is 0 Å². The molecular formula is C10H17N3O6. The fourth-order valence-corrected chi connectivity index (χ4v) is 2.11. The van der Waals surface area contributed by atoms with Crippen LogP contribution in [0.1, 0.15) is 13.3 Å². The number of amides is 2. The molecule has 0 radical (unpaired) electrons. The minimum atomic E-state index is -1.90. The Kier molecular flexibility index (Phi) is 3.49. The average Bonchev–Trinajstić information content (AvgIpc) is 2.68. The summed E-state index contributed by atoms with van der Waals surface area (Å²) in [7, 11) is 0. The molecule has 0 spiro atoms. The fourth-order valence-electron chi connectivity index (χ4n) is 2.11. The van der Waals surface area contributed by atoms with Gasteiger partial charge in [0, 0.05) is 6.42 Å². The second kappa shape index (κ2) is 4.69. The Hall–Kier alpha value is -1.26. The first kappa shape index (κ1) is 14.2. The molecular weight excluding hydrogens is 258 g/mol. The molecule has 2 heterocycles. The number of carbonyl (C=O) groups excluding carboxylic acids is 1. The van der Waals surface area contributed by atoms with E-state index in [4.69, 9.17) is 15.6 Å². The summed E-state index contributed by atoms with van der Waals surface area (Å²) in [5.74, 6) is -0.390. The summed E-state index contributed by atoms with van der Waals surface area (Å²) < 4.78 is 5.26. The van der Waals surface area contributed by atoms with Crippen LogP contribution < -0.4 is 5.73 Å². The van der Waals surface area contributed by atoms with Crippen LogP contribution in [0.2, 0.25) is 0 Å². The van der Waals surface area contributed by atoms with E-state index in [-0.39, 0.29) is 6.42 Å². The first-order valence-corrected chi connectivity index (χ1v) is 5.80. The Balaban J connectivity index is 2.24. The average molecular weight is 275 g/mol. The quantitative estimate of drug-likeness (QED) is 0.368. The number of hydrogen-bond donors (Lipinski definition) is 5. The van der Waals surface area contributed by atoms with Gasteiger partial charge in [-0.15, -0.1) is 0 Å². The van der Waals surface area contributed by atoms with Gasteiger partial charge < -0.3 is 30.9 Å². The zero-order valence-corrected chi connectivity index (χ0v) is 10.3. The lowest BCUT2D eigenvalue weighted by Crippen LogP contribution is -2.65. The Morgan fingerprint density at radius 2 is 2.21 bits per heavy atom. The van der Waals surface area contributed by atoms with E-state index in [1.165, 1.54) is 6.92 Å². The molecule has 2 rings (SSSR count). The van der Waals surface area contributed by atoms with Crippen molar-refractivity contribution in [3.8, 4) is 0 Å². The molecule has 9 heteroatoms. The molecule has 5 atom stereocenters. The lowest BCUT2D eigenvalue weighted by atomic mass is 10.0. The van der Waals surface area contributed by atoms with E-state index in [1.54, 1.807) is 0 Å². The Bertz CT molecular complexity index is 412. The number of nitrogens with two attached hydrogens (primary N) is 1. The van der Waals surface area contributed by atoms with Gasteiger partial charge in [-0.2, -0.15) is 4.99 Å². The number of aliphatic imine (C=N–C) groups is 1. The maximum Gasteiger partial charge on any atom is 0.349 e. The van der Waals surface area contributed by atoms with Crippen LogP contribution in [0.15, 0.2) is 4.99 Å². The summed E-state index contributed by atoms with van der Waals surface area (Å²) in [4.78, 5) is 16.0. The second-order valence-electron chi connectivity index (χ2n) is 4.82. The number of carbonyl (C=O) groups is 1. The van der Waals surface area contributed by atoms with Crippen molar-refractivity contribution in [1.82, 2.24) is 4.90 Å². The predicted octanol–water partition coefficient (Wildman–Crippen LogP) is -2.68. The highest BCUT2D eigenvalue weighted by Crippen LogP contribution is 2.30. The van der Waals surface area contributed by atoms with E-state index in [2.05, 4.69) is 4.99 Å². The molecule has 6 N–H and O–H groups in total. The standard InChI is InChI=1S/C10H17N3O6/c1-10(18)7(11)12-9(17)13(8(10)16)6-2-4(15)5(3-14)19-6/h4-6,8,14-16,18H,2-3H2,1H3,(H2,11,12,17)/t4-,5+,6+,8+,10+/m0/s1. The SMILES string of the molecule is C[C@@]1(O)C(N)=NC(=O)N([C@H]2C[C@H](O)[C@@H](CO)O2)[C@@H]1O. The van der Waals surface area contributed by atoms with Gasteiger partial charge in [0.1, 0.15) is 18.2 Å². The van der Waals surface area contributed by atoms with Crippen molar-refractivity contribution in [3.05, 3.63) is 0 Å². The van der Waals surface area contributed by atoms with Crippen LogP contribution in [0.4, 0.5) is 4.79 Å². The molecule has 0 saturated carbocycles. The predicted molar refractivity (Wildman–Crippen MR) is 61.9 cm³/mol. The smallest absolute Gasteiger partial charge is 0.349 e. The molecule has 2 aliphatic heterocycles. The lowest BCUT2D eigenvalue weighted by molar-refractivity contribution is -0.156. The summed E-state index contributed by atoms with van der Waals surface area (Å²) in [6.07, 6.45) is -4.45. The molecule has 9 nitrogen and oxygen atoms in total. The van der Waals surface area contributed by atoms with Gasteiger partial charge in [-0.25, -0.2) is 4.79 Å². The third kappa shape index (κ3) is 2.19. The topological polar surface area (TPSA) is 149 Å². The Morgan fingerprint density at radius 3 is 2.74 bits per heavy atom. The van der Waals surface area contributed by atoms with Gasteiger partial charge in [0.2, 0.25) is 0 Å². The van der Waals surface area contributed by atoms with Crippen LogP contribution in [-0.4, -0.2) is 74.1 Å². The molecule has 1 fully saturated rings. The minimum Gasteiger partial charge on any atom is -0.394 e. The van der Waals surface area contributed by atoms with Gasteiger partial charge in [0.05, 0.1) is 12.7 Å². The van der Waals surface area contributed by atoms with Crippen molar-refractivity contribution < 1.29 is 30.0 Å². The molecule has 2 aliphatic rings. The van der Waals surface area contributed by atoms with Crippen LogP contribution in [-0.2, 0) is 4.74 Å². The lowest BCUT2D eigenvalue weighted by Gasteiger charge is -2.41. The third-order valence-corrected chi connectivity index (χ3v) is 3.42. The second-order valence-corrected chi connectivity index (χ2v) is 4.82. The van der Waals surface area contributed by atoms with Crippen LogP contribution in [0.3, 0.4) is 0 Å². The Morgan fingerprint density at radius 1 is 1.58 bits per heavy atom. The van der Waals surface area contributed by atoms with Crippen LogP contribution in [0.5, 0.6) is 0 Å². The van der Waals surface area contributed by atoms with Crippen LogP contribution in [0.25, 0.3) is 0 Å². The van der Waals surface area contributed by atoms with Gasteiger partial charge in [-0.3, -0.25) is 4.90 Å². The molecule has 0 aromatic heterocycles. The highest BCUT2D eigenvalue weighted by Gasteiger charge is 2.50. The van der Waals surface area contributed by atoms with Gasteiger partial charge in [-0.1, -0.05) is 0 Å². The number of urea groups is 1. The Labute approximate surface area is 108 Å². The van der Waals surface area contributed by atoms with Crippen molar-refractivity contribution in [2.24, 2.45) is 10.7 Å². The van der Waals surface area contributed by atoms with E-state index in [0.29, 0.717) is 0 Å². The van der Waals surface area contributed by atoms with E-state index < -0.39 is 48.7 Å². The highest BCUT2D eigenvalue weighted by molar-refractivity contribution is 6.00. The summed E-state index contributed by atoms with van der Waals surface area (Å²) in [5.41, 5.74) is 3.49. The first-order chi connectivity index (χ1) is 8.78. The summed E-state index contributed by atoms with van der Waals surface area (Å²) in [6.45, 7) is 0.794. The molecule has 2 amide bonds. The molecule has 0 aliphatic carbocycles. The molecule has 0 unspecified atom stereocenters. The van der Waals surface area contributed by atoms with E-state index in [9.17, 15) is 20.1 Å². The zero-order valence-electron chi connectivity index (χ0n) is 10.3. The molecule has 19 heavy (non-hydrogen) atoms. The summed E-state index contributed by atoms with van der Waals surface area (Å²) in [6, 6.07) is -0.868. The number of aliphatic hydroxyl groups excluding tert-OH is 3. The summed E-state index contributed by atoms with van der Waals surface area (Å²) in [5, 5.41) is 38.6. The van der Waals surface area contributed by atoms with Gasteiger partial charge >= 0.3 is 6.03 Å². The molecule has 1 saturated heterocycles. The molecule has 0 aromatic rings. The minimum absolute atomic E-state index is 0.000465. The molecule has 108 valence electrons. The summed E-state index contributed by atoms with van der Waals surface area (Å²) >= 11 is 0. The van der Waals surface area contributed by atoms with Crippen molar-refractivity contribution in [2.75, 3.05) is 6.61 Å². The maximum absolute atomic E-state index is 11.8. The van der Waals surface area contributed by atoms with Crippen LogP contribution in [0, 0.1) is 0 Å². The van der Waals surface area contributed by atoms with E-state index in [0.717, 1.165) is 4.90 Å². The van der Waals surface area contributed by atoms with Gasteiger partial charge in [0.15, 0.2) is 11.8 Å². The fraction of sp³-hybridized carbons (Fsp3) is 0.800. The highest BCUT2D eigenvalue weighted by atomic mass is 16.6. The van der Waals surface area contributed by atoms with Crippen molar-refractivity contribution in [2.45, 2.75) is 43.6 Å².